The van der Waals surface area contributed by atoms with E-state index in [1.54, 1.807) is 7.05 Å². The van der Waals surface area contributed by atoms with Gasteiger partial charge in [0.1, 0.15) is 0 Å². The molecule has 0 aromatic rings. The Balaban J connectivity index is 1.59. The van der Waals surface area contributed by atoms with Crippen LogP contribution in [0.15, 0.2) is 4.99 Å². The highest BCUT2D eigenvalue weighted by Crippen LogP contribution is 2.01. The largest absolute Gasteiger partial charge is 0.379 e. The summed E-state index contributed by atoms with van der Waals surface area (Å²) in [5.41, 5.74) is 0. The predicted octanol–water partition coefficient (Wildman–Crippen LogP) is -1.19. The minimum atomic E-state index is 0.238. The van der Waals surface area contributed by atoms with Crippen molar-refractivity contribution in [2.75, 3.05) is 79.7 Å². The SMILES string of the molecule is CN=C(NCCN1CCOCC1)NCC1CN(C)CCO1. The lowest BCUT2D eigenvalue weighted by Crippen LogP contribution is -2.49. The number of guanidine groups is 1. The van der Waals surface area contributed by atoms with Gasteiger partial charge >= 0.3 is 0 Å². The van der Waals surface area contributed by atoms with E-state index < -0.39 is 0 Å². The van der Waals surface area contributed by atoms with Gasteiger partial charge in [-0.05, 0) is 7.05 Å². The summed E-state index contributed by atoms with van der Waals surface area (Å²) in [6.07, 6.45) is 0.238. The summed E-state index contributed by atoms with van der Waals surface area (Å²) in [5, 5.41) is 6.70. The molecule has 0 radical (unpaired) electrons. The van der Waals surface area contributed by atoms with Crippen LogP contribution in [0.4, 0.5) is 0 Å². The molecule has 2 aliphatic heterocycles. The Morgan fingerprint density at radius 3 is 2.71 bits per heavy atom. The maximum absolute atomic E-state index is 5.73. The molecule has 2 N–H and O–H groups in total. The van der Waals surface area contributed by atoms with Crippen LogP contribution in [0.2, 0.25) is 0 Å². The average Bonchev–Trinajstić information content (AvgIpc) is 2.52. The third kappa shape index (κ3) is 6.17. The average molecular weight is 299 g/mol. The number of morpholine rings is 2. The molecule has 7 heteroatoms. The van der Waals surface area contributed by atoms with Crippen molar-refractivity contribution >= 4 is 5.96 Å². The number of rotatable bonds is 5. The number of ether oxygens (including phenoxy) is 2. The molecule has 21 heavy (non-hydrogen) atoms. The maximum atomic E-state index is 5.73. The van der Waals surface area contributed by atoms with Crippen LogP contribution >= 0.6 is 0 Å². The van der Waals surface area contributed by atoms with Gasteiger partial charge in [-0.1, -0.05) is 0 Å². The van der Waals surface area contributed by atoms with Gasteiger partial charge in [-0.2, -0.15) is 0 Å². The van der Waals surface area contributed by atoms with Gasteiger partial charge in [0.05, 0.1) is 25.9 Å². The number of nitrogens with zero attached hydrogens (tertiary/aromatic N) is 3. The molecular weight excluding hydrogens is 270 g/mol. The van der Waals surface area contributed by atoms with Gasteiger partial charge in [-0.15, -0.1) is 0 Å². The Kier molecular flexibility index (Phi) is 7.21. The molecule has 7 nitrogen and oxygen atoms in total. The Bertz CT molecular complexity index is 320. The quantitative estimate of drug-likeness (QED) is 0.492. The molecule has 2 aliphatic rings. The second kappa shape index (κ2) is 9.19. The Morgan fingerprint density at radius 2 is 2.00 bits per heavy atom. The van der Waals surface area contributed by atoms with Crippen molar-refractivity contribution in [3.8, 4) is 0 Å². The fourth-order valence-corrected chi connectivity index (χ4v) is 2.58. The minimum absolute atomic E-state index is 0.238. The first-order valence-electron chi connectivity index (χ1n) is 7.82. The van der Waals surface area contributed by atoms with E-state index in [0.717, 1.165) is 71.6 Å². The number of nitrogens with one attached hydrogen (secondary N) is 2. The van der Waals surface area contributed by atoms with Crippen molar-refractivity contribution in [2.45, 2.75) is 6.10 Å². The highest BCUT2D eigenvalue weighted by atomic mass is 16.5. The van der Waals surface area contributed by atoms with Gasteiger partial charge in [0.15, 0.2) is 5.96 Å². The molecule has 1 unspecified atom stereocenters. The molecule has 2 heterocycles. The lowest BCUT2D eigenvalue weighted by atomic mass is 10.3. The summed E-state index contributed by atoms with van der Waals surface area (Å²) in [4.78, 5) is 8.96. The van der Waals surface area contributed by atoms with Crippen LogP contribution in [0, 0.1) is 0 Å². The zero-order chi connectivity index (χ0) is 14.9. The standard InChI is InChI=1S/C14H29N5O2/c1-15-14(16-3-4-19-6-8-20-9-7-19)17-11-13-12-18(2)5-10-21-13/h13H,3-12H2,1-2H3,(H2,15,16,17). The molecule has 2 rings (SSSR count). The van der Waals surface area contributed by atoms with E-state index in [0.29, 0.717) is 0 Å². The number of likely N-dealkylation sites (N-methyl/N-ethyl adjacent to an activating group) is 1. The zero-order valence-electron chi connectivity index (χ0n) is 13.3. The molecule has 122 valence electrons. The Hall–Kier alpha value is -0.890. The van der Waals surface area contributed by atoms with Crippen LogP contribution in [-0.2, 0) is 9.47 Å². The fourth-order valence-electron chi connectivity index (χ4n) is 2.58. The van der Waals surface area contributed by atoms with E-state index in [-0.39, 0.29) is 6.10 Å². The molecule has 0 amide bonds. The van der Waals surface area contributed by atoms with Crippen LogP contribution in [0.5, 0.6) is 0 Å². The fraction of sp³-hybridized carbons (Fsp3) is 0.929. The first kappa shape index (κ1) is 16.5. The van der Waals surface area contributed by atoms with E-state index >= 15 is 0 Å². The van der Waals surface area contributed by atoms with Crippen LogP contribution < -0.4 is 10.6 Å². The van der Waals surface area contributed by atoms with E-state index in [1.165, 1.54) is 0 Å². The van der Waals surface area contributed by atoms with Crippen molar-refractivity contribution in [2.24, 2.45) is 4.99 Å². The van der Waals surface area contributed by atoms with Crippen LogP contribution in [0.25, 0.3) is 0 Å². The highest BCUT2D eigenvalue weighted by Gasteiger charge is 2.17. The van der Waals surface area contributed by atoms with Crippen LogP contribution in [-0.4, -0.2) is 102 Å². The summed E-state index contributed by atoms with van der Waals surface area (Å²) in [6, 6.07) is 0. The molecular formula is C14H29N5O2. The second-order valence-electron chi connectivity index (χ2n) is 5.59. The van der Waals surface area contributed by atoms with Gasteiger partial charge in [-0.25, -0.2) is 0 Å². The topological polar surface area (TPSA) is 61.4 Å². The van der Waals surface area contributed by atoms with E-state index in [2.05, 4.69) is 32.5 Å². The Labute approximate surface area is 127 Å². The smallest absolute Gasteiger partial charge is 0.191 e. The predicted molar refractivity (Wildman–Crippen MR) is 83.9 cm³/mol. The first-order valence-corrected chi connectivity index (χ1v) is 7.82. The van der Waals surface area contributed by atoms with Crippen LogP contribution in [0.3, 0.4) is 0 Å². The molecule has 0 aliphatic carbocycles. The van der Waals surface area contributed by atoms with Crippen molar-refractivity contribution in [1.82, 2.24) is 20.4 Å². The molecule has 1 atom stereocenters. The molecule has 0 aromatic carbocycles. The normalized spacial score (nSPS) is 25.8. The highest BCUT2D eigenvalue weighted by molar-refractivity contribution is 5.79. The molecule has 2 saturated heterocycles. The molecule has 0 spiro atoms. The lowest BCUT2D eigenvalue weighted by Gasteiger charge is -2.30. The minimum Gasteiger partial charge on any atom is -0.379 e. The maximum Gasteiger partial charge on any atom is 0.191 e. The van der Waals surface area contributed by atoms with Crippen LogP contribution in [0.1, 0.15) is 0 Å². The molecule has 2 fully saturated rings. The third-order valence-electron chi connectivity index (χ3n) is 3.89. The van der Waals surface area contributed by atoms with Crippen molar-refractivity contribution in [1.29, 1.82) is 0 Å². The van der Waals surface area contributed by atoms with Crippen molar-refractivity contribution in [3.63, 3.8) is 0 Å². The second-order valence-corrected chi connectivity index (χ2v) is 5.59. The number of hydrogen-bond acceptors (Lipinski definition) is 5. The summed E-state index contributed by atoms with van der Waals surface area (Å²) in [5.74, 6) is 0.847. The Morgan fingerprint density at radius 1 is 1.19 bits per heavy atom. The molecule has 0 aromatic heterocycles. The van der Waals surface area contributed by atoms with E-state index in [4.69, 9.17) is 9.47 Å². The summed E-state index contributed by atoms with van der Waals surface area (Å²) in [7, 11) is 3.93. The number of hydrogen-bond donors (Lipinski definition) is 2. The van der Waals surface area contributed by atoms with Crippen molar-refractivity contribution < 1.29 is 9.47 Å². The van der Waals surface area contributed by atoms with Gasteiger partial charge in [0.2, 0.25) is 0 Å². The van der Waals surface area contributed by atoms with E-state index in [1.807, 2.05) is 0 Å². The number of aliphatic imine (C=N–C) groups is 1. The summed E-state index contributed by atoms with van der Waals surface area (Å²) < 4.78 is 11.1. The zero-order valence-corrected chi connectivity index (χ0v) is 13.3. The van der Waals surface area contributed by atoms with E-state index in [9.17, 15) is 0 Å². The van der Waals surface area contributed by atoms with Crippen molar-refractivity contribution in [3.05, 3.63) is 0 Å². The van der Waals surface area contributed by atoms with Gasteiger partial charge < -0.3 is 25.0 Å². The first-order chi connectivity index (χ1) is 10.3. The third-order valence-corrected chi connectivity index (χ3v) is 3.89. The van der Waals surface area contributed by atoms with Gasteiger partial charge in [0.25, 0.3) is 0 Å². The molecule has 0 saturated carbocycles. The van der Waals surface area contributed by atoms with Gasteiger partial charge in [0, 0.05) is 52.9 Å². The molecule has 0 bridgehead atoms. The monoisotopic (exact) mass is 299 g/mol. The van der Waals surface area contributed by atoms with Gasteiger partial charge in [-0.3, -0.25) is 9.89 Å². The lowest BCUT2D eigenvalue weighted by molar-refractivity contribution is -0.0161. The summed E-state index contributed by atoms with van der Waals surface area (Å²) >= 11 is 0. The summed E-state index contributed by atoms with van der Waals surface area (Å²) in [6.45, 7) is 9.25.